The monoisotopic (exact) mass is 395 g/mol. The molecule has 1 unspecified atom stereocenters. The molecule has 26 heavy (non-hydrogen) atoms. The van der Waals surface area contributed by atoms with Crippen LogP contribution >= 0.6 is 24.8 Å². The zero-order valence-electron chi connectivity index (χ0n) is 15.1. The van der Waals surface area contributed by atoms with E-state index in [-0.39, 0.29) is 30.7 Å². The number of hydrogen-bond acceptors (Lipinski definition) is 3. The minimum absolute atomic E-state index is 0. The van der Waals surface area contributed by atoms with Crippen LogP contribution in [0.3, 0.4) is 0 Å². The fourth-order valence-electron chi connectivity index (χ4n) is 3.20. The lowest BCUT2D eigenvalue weighted by Gasteiger charge is -2.18. The van der Waals surface area contributed by atoms with Crippen LogP contribution in [0.1, 0.15) is 28.0 Å². The van der Waals surface area contributed by atoms with Crippen LogP contribution in [0.5, 0.6) is 0 Å². The number of amides is 1. The standard InChI is InChI=1S/C20H25N3O.2ClH/c1-23(12-9-19-7-2-3-10-22-19)20(24)18-6-4-5-16(14-18)13-17-8-11-21-15-17;;/h2-7,10,14,17,21H,8-9,11-13,15H2,1H3;2*1H. The first-order valence-electron chi connectivity index (χ1n) is 8.67. The van der Waals surface area contributed by atoms with E-state index in [9.17, 15) is 4.79 Å². The number of halogens is 2. The van der Waals surface area contributed by atoms with Crippen LogP contribution in [0.4, 0.5) is 0 Å². The highest BCUT2D eigenvalue weighted by molar-refractivity contribution is 5.94. The molecule has 0 radical (unpaired) electrons. The molecule has 1 atom stereocenters. The van der Waals surface area contributed by atoms with Gasteiger partial charge in [-0.1, -0.05) is 18.2 Å². The fourth-order valence-corrected chi connectivity index (χ4v) is 3.20. The maximum absolute atomic E-state index is 12.6. The third-order valence-electron chi connectivity index (χ3n) is 4.64. The Labute approximate surface area is 168 Å². The van der Waals surface area contributed by atoms with Crippen molar-refractivity contribution in [2.24, 2.45) is 5.92 Å². The van der Waals surface area contributed by atoms with Crippen molar-refractivity contribution in [3.05, 3.63) is 65.5 Å². The second-order valence-corrected chi connectivity index (χ2v) is 6.56. The largest absolute Gasteiger partial charge is 0.341 e. The maximum Gasteiger partial charge on any atom is 0.253 e. The maximum atomic E-state index is 12.6. The van der Waals surface area contributed by atoms with Gasteiger partial charge < -0.3 is 10.2 Å². The molecule has 1 aliphatic rings. The molecule has 1 aromatic carbocycles. The van der Waals surface area contributed by atoms with Crippen molar-refractivity contribution in [3.8, 4) is 0 Å². The summed E-state index contributed by atoms with van der Waals surface area (Å²) in [7, 11) is 1.86. The molecular formula is C20H27Cl2N3O. The van der Waals surface area contributed by atoms with Gasteiger partial charge in [-0.15, -0.1) is 24.8 Å². The fraction of sp³-hybridized carbons (Fsp3) is 0.400. The summed E-state index contributed by atoms with van der Waals surface area (Å²) in [4.78, 5) is 18.7. The van der Waals surface area contributed by atoms with Gasteiger partial charge in [-0.2, -0.15) is 0 Å². The minimum Gasteiger partial charge on any atom is -0.341 e. The molecule has 6 heteroatoms. The molecule has 2 heterocycles. The van der Waals surface area contributed by atoms with Crippen LogP contribution < -0.4 is 5.32 Å². The van der Waals surface area contributed by atoms with Crippen molar-refractivity contribution in [2.75, 3.05) is 26.7 Å². The Morgan fingerprint density at radius 2 is 2.08 bits per heavy atom. The molecule has 2 aromatic rings. The van der Waals surface area contributed by atoms with Gasteiger partial charge in [0.05, 0.1) is 0 Å². The van der Waals surface area contributed by atoms with Gasteiger partial charge in [0.1, 0.15) is 0 Å². The Balaban J connectivity index is 0.00000169. The van der Waals surface area contributed by atoms with Crippen molar-refractivity contribution < 1.29 is 4.79 Å². The molecule has 0 saturated carbocycles. The molecule has 1 fully saturated rings. The van der Waals surface area contributed by atoms with Gasteiger partial charge in [-0.25, -0.2) is 0 Å². The lowest BCUT2D eigenvalue weighted by molar-refractivity contribution is 0.0796. The average molecular weight is 396 g/mol. The van der Waals surface area contributed by atoms with E-state index in [0.717, 1.165) is 37.2 Å². The van der Waals surface area contributed by atoms with E-state index in [2.05, 4.69) is 22.4 Å². The van der Waals surface area contributed by atoms with Gasteiger partial charge in [-0.3, -0.25) is 9.78 Å². The number of aromatic nitrogens is 1. The van der Waals surface area contributed by atoms with E-state index in [1.165, 1.54) is 12.0 Å². The Morgan fingerprint density at radius 1 is 1.23 bits per heavy atom. The van der Waals surface area contributed by atoms with Crippen molar-refractivity contribution in [1.82, 2.24) is 15.2 Å². The predicted molar refractivity (Wildman–Crippen MR) is 111 cm³/mol. The van der Waals surface area contributed by atoms with E-state index in [1.807, 2.05) is 37.4 Å². The smallest absolute Gasteiger partial charge is 0.253 e. The topological polar surface area (TPSA) is 45.2 Å². The van der Waals surface area contributed by atoms with E-state index in [1.54, 1.807) is 11.1 Å². The van der Waals surface area contributed by atoms with Gasteiger partial charge >= 0.3 is 0 Å². The summed E-state index contributed by atoms with van der Waals surface area (Å²) in [5.41, 5.74) is 3.05. The Kier molecular flexibility index (Phi) is 9.63. The lowest BCUT2D eigenvalue weighted by atomic mass is 9.97. The third-order valence-corrected chi connectivity index (χ3v) is 4.64. The molecule has 4 nitrogen and oxygen atoms in total. The summed E-state index contributed by atoms with van der Waals surface area (Å²) in [5.74, 6) is 0.773. The summed E-state index contributed by atoms with van der Waals surface area (Å²) in [6, 6.07) is 14.0. The van der Waals surface area contributed by atoms with Crippen molar-refractivity contribution in [3.63, 3.8) is 0 Å². The third kappa shape index (κ3) is 6.27. The number of likely N-dealkylation sites (N-methyl/N-ethyl adjacent to an activating group) is 1. The molecule has 0 spiro atoms. The minimum atomic E-state index is 0. The Hall–Kier alpha value is -1.62. The first kappa shape index (κ1) is 22.4. The Morgan fingerprint density at radius 3 is 2.77 bits per heavy atom. The second-order valence-electron chi connectivity index (χ2n) is 6.56. The number of rotatable bonds is 6. The molecule has 1 aliphatic heterocycles. The predicted octanol–water partition coefficient (Wildman–Crippen LogP) is 3.39. The van der Waals surface area contributed by atoms with Gasteiger partial charge in [0.2, 0.25) is 0 Å². The van der Waals surface area contributed by atoms with Crippen molar-refractivity contribution >= 4 is 30.7 Å². The quantitative estimate of drug-likeness (QED) is 0.814. The molecular weight excluding hydrogens is 369 g/mol. The van der Waals surface area contributed by atoms with E-state index in [0.29, 0.717) is 12.5 Å². The molecule has 142 valence electrons. The first-order chi connectivity index (χ1) is 11.7. The van der Waals surface area contributed by atoms with Crippen LogP contribution in [-0.4, -0.2) is 42.5 Å². The summed E-state index contributed by atoms with van der Waals surface area (Å²) < 4.78 is 0. The normalized spacial score (nSPS) is 15.7. The van der Waals surface area contributed by atoms with Crippen molar-refractivity contribution in [2.45, 2.75) is 19.3 Å². The van der Waals surface area contributed by atoms with Crippen LogP contribution in [0.25, 0.3) is 0 Å². The Bertz CT molecular complexity index is 676. The lowest BCUT2D eigenvalue weighted by Crippen LogP contribution is -2.29. The number of hydrogen-bond donors (Lipinski definition) is 1. The first-order valence-corrected chi connectivity index (χ1v) is 8.67. The summed E-state index contributed by atoms with van der Waals surface area (Å²) in [5, 5.41) is 3.40. The van der Waals surface area contributed by atoms with Crippen LogP contribution in [0, 0.1) is 5.92 Å². The molecule has 1 saturated heterocycles. The highest BCUT2D eigenvalue weighted by Crippen LogP contribution is 2.17. The molecule has 1 N–H and O–H groups in total. The van der Waals surface area contributed by atoms with E-state index < -0.39 is 0 Å². The summed E-state index contributed by atoms with van der Waals surface area (Å²) >= 11 is 0. The van der Waals surface area contributed by atoms with Gasteiger partial charge in [-0.05, 0) is 61.7 Å². The molecule has 0 bridgehead atoms. The number of nitrogens with one attached hydrogen (secondary N) is 1. The molecule has 1 amide bonds. The molecule has 1 aromatic heterocycles. The number of benzene rings is 1. The van der Waals surface area contributed by atoms with E-state index >= 15 is 0 Å². The van der Waals surface area contributed by atoms with Gasteiger partial charge in [0.25, 0.3) is 5.91 Å². The molecule has 0 aliphatic carbocycles. The van der Waals surface area contributed by atoms with Gasteiger partial charge in [0.15, 0.2) is 0 Å². The summed E-state index contributed by atoms with van der Waals surface area (Å²) in [6.07, 6.45) is 4.84. The van der Waals surface area contributed by atoms with Crippen LogP contribution in [0.2, 0.25) is 0 Å². The second kappa shape index (κ2) is 11.2. The summed E-state index contributed by atoms with van der Waals surface area (Å²) in [6.45, 7) is 2.87. The zero-order valence-corrected chi connectivity index (χ0v) is 16.7. The number of nitrogens with zero attached hydrogens (tertiary/aromatic N) is 2. The van der Waals surface area contributed by atoms with Crippen molar-refractivity contribution in [1.29, 1.82) is 0 Å². The van der Waals surface area contributed by atoms with E-state index in [4.69, 9.17) is 0 Å². The van der Waals surface area contributed by atoms with Crippen LogP contribution in [0.15, 0.2) is 48.7 Å². The SMILES string of the molecule is CN(CCc1ccccn1)C(=O)c1cccc(CC2CCNC2)c1.Cl.Cl. The number of carbonyl (C=O) groups excluding carboxylic acids is 1. The van der Waals surface area contributed by atoms with Crippen LogP contribution in [-0.2, 0) is 12.8 Å². The van der Waals surface area contributed by atoms with Gasteiger partial charge in [0, 0.05) is 37.5 Å². The zero-order chi connectivity index (χ0) is 16.8. The highest BCUT2D eigenvalue weighted by atomic mass is 35.5. The average Bonchev–Trinajstić information content (AvgIpc) is 3.13. The highest BCUT2D eigenvalue weighted by Gasteiger charge is 2.16. The molecule has 3 rings (SSSR count). The number of carbonyl (C=O) groups is 1. The number of pyridine rings is 1.